The van der Waals surface area contributed by atoms with Crippen molar-refractivity contribution in [3.63, 3.8) is 0 Å². The van der Waals surface area contributed by atoms with E-state index in [1.165, 1.54) is 5.56 Å². The first-order chi connectivity index (χ1) is 19.8. The maximum absolute atomic E-state index is 13.2. The number of nitrogens with two attached hydrogens (primary N) is 1. The molecule has 5 amide bonds. The number of carbonyl (C=O) groups excluding carboxylic acids is 5. The van der Waals surface area contributed by atoms with E-state index in [2.05, 4.69) is 27.2 Å². The molecule has 0 aliphatic carbocycles. The lowest BCUT2D eigenvalue weighted by molar-refractivity contribution is -0.136. The number of piperidine rings is 1. The van der Waals surface area contributed by atoms with Gasteiger partial charge in [-0.3, -0.25) is 39.1 Å². The Morgan fingerprint density at radius 3 is 2.27 bits per heavy atom. The summed E-state index contributed by atoms with van der Waals surface area (Å²) in [6.07, 6.45) is 0.225. The van der Waals surface area contributed by atoms with Crippen molar-refractivity contribution in [2.45, 2.75) is 25.4 Å². The topological polar surface area (TPSA) is 133 Å². The fourth-order valence-corrected chi connectivity index (χ4v) is 5.75. The maximum Gasteiger partial charge on any atom is 0.262 e. The number of anilines is 1. The van der Waals surface area contributed by atoms with E-state index in [0.29, 0.717) is 11.1 Å². The third-order valence-electron chi connectivity index (χ3n) is 8.00. The highest BCUT2D eigenvalue weighted by Gasteiger charge is 2.44. The first-order valence-corrected chi connectivity index (χ1v) is 13.6. The van der Waals surface area contributed by atoms with Crippen molar-refractivity contribution in [3.05, 3.63) is 89.0 Å². The fraction of sp³-hybridized carbons (Fsp3) is 0.258. The van der Waals surface area contributed by atoms with Crippen LogP contribution < -0.4 is 16.0 Å². The number of fused-ring (bicyclic) bond motifs is 1. The molecule has 0 radical (unpaired) electrons. The van der Waals surface area contributed by atoms with Crippen LogP contribution in [-0.2, 0) is 16.1 Å². The van der Waals surface area contributed by atoms with Gasteiger partial charge in [0.2, 0.25) is 17.7 Å². The molecule has 2 fully saturated rings. The zero-order valence-electron chi connectivity index (χ0n) is 22.3. The Hall–Kier alpha value is -4.83. The minimum atomic E-state index is -0.972. The van der Waals surface area contributed by atoms with Gasteiger partial charge in [-0.05, 0) is 59.5 Å². The van der Waals surface area contributed by atoms with Crippen LogP contribution in [0.3, 0.4) is 0 Å². The van der Waals surface area contributed by atoms with Crippen molar-refractivity contribution in [1.82, 2.24) is 15.1 Å². The van der Waals surface area contributed by atoms with E-state index in [1.807, 2.05) is 30.3 Å². The minimum absolute atomic E-state index is 0.0910. The van der Waals surface area contributed by atoms with E-state index in [1.54, 1.807) is 24.3 Å². The predicted octanol–water partition coefficient (Wildman–Crippen LogP) is 2.18. The Morgan fingerprint density at radius 2 is 1.56 bits per heavy atom. The Morgan fingerprint density at radius 1 is 0.829 bits per heavy atom. The van der Waals surface area contributed by atoms with Gasteiger partial charge in [-0.25, -0.2) is 0 Å². The smallest absolute Gasteiger partial charge is 0.262 e. The quantitative estimate of drug-likeness (QED) is 0.449. The minimum Gasteiger partial charge on any atom is -0.369 e. The van der Waals surface area contributed by atoms with Crippen LogP contribution in [0.4, 0.5) is 5.69 Å². The molecule has 3 aromatic carbocycles. The summed E-state index contributed by atoms with van der Waals surface area (Å²) in [4.78, 5) is 67.0. The molecule has 0 saturated carbocycles. The molecule has 3 aliphatic heterocycles. The van der Waals surface area contributed by atoms with E-state index >= 15 is 0 Å². The van der Waals surface area contributed by atoms with Gasteiger partial charge in [0.1, 0.15) is 6.04 Å². The van der Waals surface area contributed by atoms with Gasteiger partial charge < -0.3 is 10.6 Å². The Balaban J connectivity index is 1.09. The molecule has 10 heteroatoms. The van der Waals surface area contributed by atoms with E-state index in [-0.39, 0.29) is 18.4 Å². The zero-order chi connectivity index (χ0) is 28.7. The molecular formula is C31H29N5O5. The number of benzene rings is 3. The first-order valence-electron chi connectivity index (χ1n) is 13.6. The largest absolute Gasteiger partial charge is 0.369 e. The van der Waals surface area contributed by atoms with Gasteiger partial charge in [0.05, 0.1) is 11.1 Å². The first kappa shape index (κ1) is 26.4. The molecule has 1 unspecified atom stereocenters. The number of nitrogens with one attached hydrogen (secondary N) is 1. The van der Waals surface area contributed by atoms with Crippen molar-refractivity contribution in [2.75, 3.05) is 31.1 Å². The van der Waals surface area contributed by atoms with Gasteiger partial charge in [-0.15, -0.1) is 0 Å². The van der Waals surface area contributed by atoms with Crippen molar-refractivity contribution in [1.29, 1.82) is 0 Å². The summed E-state index contributed by atoms with van der Waals surface area (Å²) in [6.45, 7) is 3.95. The number of primary amides is 1. The molecule has 3 aromatic rings. The summed E-state index contributed by atoms with van der Waals surface area (Å²) in [5, 5.41) is 2.22. The number of rotatable bonds is 6. The normalized spacial score (nSPS) is 19.4. The molecule has 6 rings (SSSR count). The van der Waals surface area contributed by atoms with Crippen LogP contribution in [0.1, 0.15) is 49.5 Å². The lowest BCUT2D eigenvalue weighted by atomic mass is 10.0. The van der Waals surface area contributed by atoms with Crippen LogP contribution in [0.25, 0.3) is 11.1 Å². The van der Waals surface area contributed by atoms with Gasteiger partial charge in [-0.1, -0.05) is 30.3 Å². The maximum atomic E-state index is 13.2. The Labute approximate surface area is 236 Å². The molecule has 3 heterocycles. The molecule has 3 aliphatic rings. The summed E-state index contributed by atoms with van der Waals surface area (Å²) in [7, 11) is 0. The van der Waals surface area contributed by atoms with Crippen molar-refractivity contribution in [3.8, 4) is 11.1 Å². The molecule has 0 bridgehead atoms. The molecule has 208 valence electrons. The van der Waals surface area contributed by atoms with Crippen LogP contribution in [0.15, 0.2) is 66.7 Å². The number of hydrogen-bond acceptors (Lipinski definition) is 7. The van der Waals surface area contributed by atoms with E-state index in [4.69, 9.17) is 5.73 Å². The fourth-order valence-electron chi connectivity index (χ4n) is 5.75. The van der Waals surface area contributed by atoms with Crippen LogP contribution in [-0.4, -0.2) is 71.6 Å². The average Bonchev–Trinajstić information content (AvgIpc) is 3.22. The number of carbonyl (C=O) groups is 5. The standard InChI is InChI=1S/C31H29N5O5/c32-28(38)21-6-4-20(5-7-21)22-3-1-2-19(16-22)18-34-12-14-35(15-13-34)23-8-9-24-25(17-23)31(41)36(30(24)40)26-10-11-27(37)33-29(26)39/h1-9,16-17,26H,10-15,18H2,(H2,32,38)(H,33,37,39). The summed E-state index contributed by atoms with van der Waals surface area (Å²) >= 11 is 0. The SMILES string of the molecule is NC(=O)c1ccc(-c2cccc(CN3CCN(c4ccc5c(c4)C(=O)N(C4CCC(=O)NC4=O)C5=O)CC3)c2)cc1. The van der Waals surface area contributed by atoms with Gasteiger partial charge >= 0.3 is 0 Å². The van der Waals surface area contributed by atoms with E-state index < -0.39 is 35.6 Å². The molecule has 41 heavy (non-hydrogen) atoms. The Kier molecular flexibility index (Phi) is 6.84. The molecular weight excluding hydrogens is 522 g/mol. The molecule has 1 atom stereocenters. The highest BCUT2D eigenvalue weighted by molar-refractivity contribution is 6.23. The summed E-state index contributed by atoms with van der Waals surface area (Å²) in [5.41, 5.74) is 10.5. The van der Waals surface area contributed by atoms with Crippen LogP contribution in [0.2, 0.25) is 0 Å². The summed E-state index contributed by atoms with van der Waals surface area (Å²) in [5.74, 6) is -2.45. The van der Waals surface area contributed by atoms with Gasteiger partial charge in [-0.2, -0.15) is 0 Å². The highest BCUT2D eigenvalue weighted by Crippen LogP contribution is 2.31. The second-order valence-electron chi connectivity index (χ2n) is 10.6. The van der Waals surface area contributed by atoms with Gasteiger partial charge in [0.15, 0.2) is 0 Å². The predicted molar refractivity (Wildman–Crippen MR) is 151 cm³/mol. The molecule has 0 aromatic heterocycles. The van der Waals surface area contributed by atoms with E-state index in [9.17, 15) is 24.0 Å². The molecule has 10 nitrogen and oxygen atoms in total. The monoisotopic (exact) mass is 551 g/mol. The number of imide groups is 2. The van der Waals surface area contributed by atoms with Gasteiger partial charge in [0, 0.05) is 50.4 Å². The van der Waals surface area contributed by atoms with Gasteiger partial charge in [0.25, 0.3) is 11.8 Å². The zero-order valence-corrected chi connectivity index (χ0v) is 22.3. The Bertz CT molecular complexity index is 1580. The third-order valence-corrected chi connectivity index (χ3v) is 8.00. The summed E-state index contributed by atoms with van der Waals surface area (Å²) < 4.78 is 0. The molecule has 3 N–H and O–H groups in total. The molecule has 2 saturated heterocycles. The number of hydrogen-bond donors (Lipinski definition) is 2. The summed E-state index contributed by atoms with van der Waals surface area (Å²) in [6, 6.07) is 19.9. The van der Waals surface area contributed by atoms with Crippen LogP contribution >= 0.6 is 0 Å². The lowest BCUT2D eigenvalue weighted by Gasteiger charge is -2.36. The number of piperazine rings is 1. The van der Waals surface area contributed by atoms with Crippen molar-refractivity contribution in [2.24, 2.45) is 5.73 Å². The molecule has 0 spiro atoms. The van der Waals surface area contributed by atoms with Crippen molar-refractivity contribution >= 4 is 35.2 Å². The van der Waals surface area contributed by atoms with E-state index in [0.717, 1.165) is 54.4 Å². The second-order valence-corrected chi connectivity index (χ2v) is 10.6. The average molecular weight is 552 g/mol. The number of amides is 5. The van der Waals surface area contributed by atoms with Crippen molar-refractivity contribution < 1.29 is 24.0 Å². The van der Waals surface area contributed by atoms with Crippen LogP contribution in [0, 0.1) is 0 Å². The van der Waals surface area contributed by atoms with Crippen LogP contribution in [0.5, 0.6) is 0 Å². The lowest BCUT2D eigenvalue weighted by Crippen LogP contribution is -2.54. The number of nitrogens with zero attached hydrogens (tertiary/aromatic N) is 3. The second kappa shape index (κ2) is 10.6. The third kappa shape index (κ3) is 5.09. The highest BCUT2D eigenvalue weighted by atomic mass is 16.2.